The molecule has 1 fully saturated rings. The van der Waals surface area contributed by atoms with Crippen LogP contribution in [0.25, 0.3) is 0 Å². The molecule has 1 aromatic heterocycles. The zero-order chi connectivity index (χ0) is 36.9. The number of carbonyl (C=O) groups is 1. The molecular formula is C39H45Cl2N5O6. The van der Waals surface area contributed by atoms with E-state index in [2.05, 4.69) is 10.2 Å². The number of anilines is 3. The Morgan fingerprint density at radius 1 is 0.962 bits per heavy atom. The second-order valence-corrected chi connectivity index (χ2v) is 13.8. The number of hydrogen-bond acceptors (Lipinski definition) is 10. The first kappa shape index (κ1) is 37.2. The second kappa shape index (κ2) is 16.4. The number of methoxy groups -OCH3 is 4. The number of aromatic nitrogens is 1. The maximum atomic E-state index is 13.9. The van der Waals surface area contributed by atoms with Crippen LogP contribution in [0.5, 0.6) is 23.0 Å². The van der Waals surface area contributed by atoms with Gasteiger partial charge in [-0.25, -0.2) is 4.98 Å². The highest BCUT2D eigenvalue weighted by molar-refractivity contribution is 6.35. The number of nitrogen functional groups attached to an aromatic ring is 1. The molecule has 2 unspecified atom stereocenters. The number of hydrogen-bond donors (Lipinski definition) is 2. The van der Waals surface area contributed by atoms with Crippen LogP contribution in [0.3, 0.4) is 0 Å². The van der Waals surface area contributed by atoms with Crippen LogP contribution in [-0.2, 0) is 29.0 Å². The van der Waals surface area contributed by atoms with Gasteiger partial charge in [-0.05, 0) is 67.3 Å². The number of ether oxygens (including phenoxy) is 5. The minimum atomic E-state index is -0.606. The number of nitrogens with two attached hydrogens (primary N) is 1. The third-order valence-corrected chi connectivity index (χ3v) is 10.4. The van der Waals surface area contributed by atoms with Gasteiger partial charge in [0.25, 0.3) is 5.91 Å². The fourth-order valence-corrected chi connectivity index (χ4v) is 7.75. The van der Waals surface area contributed by atoms with Gasteiger partial charge < -0.3 is 44.5 Å². The molecule has 3 aromatic carbocycles. The molecule has 0 aliphatic carbocycles. The summed E-state index contributed by atoms with van der Waals surface area (Å²) in [6, 6.07) is 16.9. The van der Waals surface area contributed by atoms with Gasteiger partial charge in [-0.1, -0.05) is 23.2 Å². The van der Waals surface area contributed by atoms with Crippen LogP contribution in [0.4, 0.5) is 17.2 Å². The Hall–Kier alpha value is -4.58. The monoisotopic (exact) mass is 749 g/mol. The van der Waals surface area contributed by atoms with E-state index in [0.717, 1.165) is 27.9 Å². The first-order chi connectivity index (χ1) is 25.1. The molecule has 3 N–H and O–H groups in total. The van der Waals surface area contributed by atoms with E-state index in [1.807, 2.05) is 60.4 Å². The fraction of sp³-hybridized carbons (Fsp3) is 0.385. The van der Waals surface area contributed by atoms with Crippen molar-refractivity contribution in [3.05, 3.63) is 93.1 Å². The van der Waals surface area contributed by atoms with Gasteiger partial charge in [0, 0.05) is 78.1 Å². The number of nitrogens with one attached hydrogen (secondary N) is 1. The van der Waals surface area contributed by atoms with Crippen LogP contribution in [-0.4, -0.2) is 69.5 Å². The SMILES string of the molecule is COc1ccc(CN(Cc2ccc(OC)cc2OC)c2cc(NC3CCOC(C(=O)N4CCc5cc(Cl)cc(Cl)c5[C@@H]4C)C3)c(N)cn2)c(OC)c1. The lowest BCUT2D eigenvalue weighted by Gasteiger charge is -2.39. The first-order valence-electron chi connectivity index (χ1n) is 17.2. The molecule has 2 aliphatic rings. The van der Waals surface area contributed by atoms with E-state index in [-0.39, 0.29) is 18.0 Å². The van der Waals surface area contributed by atoms with Gasteiger partial charge in [-0.15, -0.1) is 0 Å². The van der Waals surface area contributed by atoms with Crippen molar-refractivity contribution in [1.82, 2.24) is 9.88 Å². The highest BCUT2D eigenvalue weighted by Crippen LogP contribution is 2.38. The fourth-order valence-electron chi connectivity index (χ4n) is 7.06. The maximum Gasteiger partial charge on any atom is 0.252 e. The Morgan fingerprint density at radius 3 is 2.23 bits per heavy atom. The van der Waals surface area contributed by atoms with Gasteiger partial charge in [0.15, 0.2) is 0 Å². The van der Waals surface area contributed by atoms with Gasteiger partial charge in [0.1, 0.15) is 34.9 Å². The van der Waals surface area contributed by atoms with E-state index in [4.69, 9.17) is 57.6 Å². The summed E-state index contributed by atoms with van der Waals surface area (Å²) in [6.07, 6.45) is 2.92. The Balaban J connectivity index is 1.24. The molecule has 13 heteroatoms. The van der Waals surface area contributed by atoms with Crippen LogP contribution in [0.15, 0.2) is 60.8 Å². The quantitative estimate of drug-likeness (QED) is 0.153. The molecule has 11 nitrogen and oxygen atoms in total. The third kappa shape index (κ3) is 8.06. The third-order valence-electron chi connectivity index (χ3n) is 9.84. The molecule has 276 valence electrons. The van der Waals surface area contributed by atoms with Crippen molar-refractivity contribution in [3.63, 3.8) is 0 Å². The molecule has 1 amide bonds. The summed E-state index contributed by atoms with van der Waals surface area (Å²) < 4.78 is 28.4. The Morgan fingerprint density at radius 2 is 1.62 bits per heavy atom. The molecule has 0 radical (unpaired) electrons. The van der Waals surface area contributed by atoms with Gasteiger partial charge in [-0.3, -0.25) is 4.79 Å². The molecular weight excluding hydrogens is 705 g/mol. The Bertz CT molecular complexity index is 1850. The van der Waals surface area contributed by atoms with Crippen LogP contribution >= 0.6 is 23.2 Å². The minimum absolute atomic E-state index is 0.0490. The number of rotatable bonds is 12. The zero-order valence-corrected chi connectivity index (χ0v) is 31.6. The molecule has 2 aliphatic heterocycles. The van der Waals surface area contributed by atoms with Crippen molar-refractivity contribution < 1.29 is 28.5 Å². The van der Waals surface area contributed by atoms with E-state index in [1.165, 1.54) is 0 Å². The van der Waals surface area contributed by atoms with Gasteiger partial charge in [0.2, 0.25) is 0 Å². The average molecular weight is 751 g/mol. The van der Waals surface area contributed by atoms with Crippen LogP contribution < -0.4 is 34.9 Å². The highest BCUT2D eigenvalue weighted by Gasteiger charge is 2.37. The highest BCUT2D eigenvalue weighted by atomic mass is 35.5. The Labute approximate surface area is 314 Å². The van der Waals surface area contributed by atoms with E-state index in [1.54, 1.807) is 40.7 Å². The van der Waals surface area contributed by atoms with Crippen molar-refractivity contribution in [2.24, 2.45) is 0 Å². The molecule has 0 spiro atoms. The smallest absolute Gasteiger partial charge is 0.252 e. The number of amides is 1. The lowest BCUT2D eigenvalue weighted by atomic mass is 9.92. The Kier molecular flexibility index (Phi) is 11.7. The predicted molar refractivity (Wildman–Crippen MR) is 204 cm³/mol. The van der Waals surface area contributed by atoms with Crippen LogP contribution in [0, 0.1) is 0 Å². The van der Waals surface area contributed by atoms with Gasteiger partial charge in [0.05, 0.1) is 52.1 Å². The number of nitrogens with zero attached hydrogens (tertiary/aromatic N) is 3. The number of benzene rings is 3. The summed E-state index contributed by atoms with van der Waals surface area (Å²) in [5, 5.41) is 4.79. The topological polar surface area (TPSA) is 121 Å². The van der Waals surface area contributed by atoms with E-state index in [9.17, 15) is 4.79 Å². The molecule has 4 aromatic rings. The average Bonchev–Trinajstić information content (AvgIpc) is 3.15. The lowest BCUT2D eigenvalue weighted by molar-refractivity contribution is -0.149. The van der Waals surface area contributed by atoms with Crippen LogP contribution in [0.2, 0.25) is 10.0 Å². The normalized spacial score (nSPS) is 18.3. The van der Waals surface area contributed by atoms with Crippen molar-refractivity contribution in [2.75, 3.05) is 57.5 Å². The predicted octanol–water partition coefficient (Wildman–Crippen LogP) is 7.32. The number of carbonyl (C=O) groups excluding carboxylic acids is 1. The number of halogens is 2. The summed E-state index contributed by atoms with van der Waals surface area (Å²) >= 11 is 12.9. The van der Waals surface area contributed by atoms with Gasteiger partial charge >= 0.3 is 0 Å². The largest absolute Gasteiger partial charge is 0.497 e. The van der Waals surface area contributed by atoms with E-state index in [0.29, 0.717) is 90.1 Å². The van der Waals surface area contributed by atoms with Crippen LogP contribution in [0.1, 0.15) is 48.1 Å². The van der Waals surface area contributed by atoms with Crippen molar-refractivity contribution in [1.29, 1.82) is 0 Å². The summed E-state index contributed by atoms with van der Waals surface area (Å²) in [5.74, 6) is 3.41. The summed E-state index contributed by atoms with van der Waals surface area (Å²) in [6.45, 7) is 3.92. The molecule has 0 bridgehead atoms. The second-order valence-electron chi connectivity index (χ2n) is 13.0. The number of fused-ring (bicyclic) bond motifs is 1. The molecule has 3 atom stereocenters. The maximum absolute atomic E-state index is 13.9. The van der Waals surface area contributed by atoms with E-state index >= 15 is 0 Å². The van der Waals surface area contributed by atoms with Crippen molar-refractivity contribution in [2.45, 2.75) is 57.5 Å². The van der Waals surface area contributed by atoms with Gasteiger partial charge in [-0.2, -0.15) is 0 Å². The van der Waals surface area contributed by atoms with E-state index < -0.39 is 6.10 Å². The summed E-state index contributed by atoms with van der Waals surface area (Å²) in [7, 11) is 6.53. The molecule has 1 saturated heterocycles. The molecule has 3 heterocycles. The minimum Gasteiger partial charge on any atom is -0.497 e. The summed E-state index contributed by atoms with van der Waals surface area (Å²) in [5.41, 5.74) is 11.6. The van der Waals surface area contributed by atoms with Crippen molar-refractivity contribution >= 4 is 46.3 Å². The standard InChI is InChI=1S/C39H45Cl2N5O6/c1-23-38-24(14-27(40)15-31(38)41)10-12-46(23)39(47)36-16-28(11-13-52-36)44-33-19-37(43-20-32(33)42)45(21-25-6-8-29(48-2)17-34(25)50-4)22-26-7-9-30(49-3)18-35(26)51-5/h6-9,14-15,17-20,23,28,36H,10-13,16,21-22,42H2,1-5H3,(H,43,44)/t23-,28?,36?/m0/s1. The first-order valence-corrected chi connectivity index (χ1v) is 18.0. The molecule has 6 rings (SSSR count). The molecule has 0 saturated carbocycles. The summed E-state index contributed by atoms with van der Waals surface area (Å²) in [4.78, 5) is 22.7. The lowest BCUT2D eigenvalue weighted by Crippen LogP contribution is -2.48. The molecule has 52 heavy (non-hydrogen) atoms. The zero-order valence-electron chi connectivity index (χ0n) is 30.1. The number of pyridine rings is 1. The van der Waals surface area contributed by atoms with Crippen molar-refractivity contribution in [3.8, 4) is 23.0 Å².